The van der Waals surface area contributed by atoms with Gasteiger partial charge in [0.1, 0.15) is 5.75 Å². The fourth-order valence-electron chi connectivity index (χ4n) is 3.54. The highest BCUT2D eigenvalue weighted by atomic mass is 32.2. The molecule has 0 aliphatic carbocycles. The number of rotatable bonds is 6. The first kappa shape index (κ1) is 23.4. The molecule has 1 aliphatic heterocycles. The Morgan fingerprint density at radius 2 is 1.82 bits per heavy atom. The van der Waals surface area contributed by atoms with Crippen LogP contribution in [0.15, 0.2) is 82.8 Å². The molecule has 1 aliphatic rings. The molecule has 9 nitrogen and oxygen atoms in total. The smallest absolute Gasteiger partial charge is 0.279 e. The molecule has 0 saturated carbocycles. The van der Waals surface area contributed by atoms with Gasteiger partial charge in [-0.2, -0.15) is 5.10 Å². The zero-order valence-corrected chi connectivity index (χ0v) is 19.7. The normalized spacial score (nSPS) is 14.1. The molecule has 34 heavy (non-hydrogen) atoms. The van der Waals surface area contributed by atoms with Gasteiger partial charge in [0.2, 0.25) is 10.0 Å². The number of amides is 1. The monoisotopic (exact) mass is 495 g/mol. The first-order chi connectivity index (χ1) is 16.3. The summed E-state index contributed by atoms with van der Waals surface area (Å²) >= 11 is 5.27. The Hall–Kier alpha value is -3.80. The second-order valence-electron chi connectivity index (χ2n) is 7.33. The summed E-state index contributed by atoms with van der Waals surface area (Å²) in [6, 6.07) is 20.8. The van der Waals surface area contributed by atoms with Gasteiger partial charge >= 0.3 is 0 Å². The molecule has 1 heterocycles. The maximum absolute atomic E-state index is 13.3. The molecule has 0 atom stereocenters. The van der Waals surface area contributed by atoms with Crippen molar-refractivity contribution >= 4 is 50.3 Å². The lowest BCUT2D eigenvalue weighted by Crippen LogP contribution is -2.32. The third kappa shape index (κ3) is 4.91. The van der Waals surface area contributed by atoms with Crippen LogP contribution in [0.4, 0.5) is 11.4 Å². The van der Waals surface area contributed by atoms with Crippen molar-refractivity contribution in [1.29, 1.82) is 0 Å². The number of carbonyl (C=O) groups is 1. The van der Waals surface area contributed by atoms with E-state index in [2.05, 4.69) is 15.8 Å². The summed E-state index contributed by atoms with van der Waals surface area (Å²) < 4.78 is 28.6. The van der Waals surface area contributed by atoms with Crippen molar-refractivity contribution in [3.8, 4) is 5.75 Å². The fourth-order valence-corrected chi connectivity index (χ4v) is 4.27. The molecule has 4 rings (SSSR count). The lowest BCUT2D eigenvalue weighted by atomic mass is 10.1. The van der Waals surface area contributed by atoms with Gasteiger partial charge in [-0.05, 0) is 42.0 Å². The van der Waals surface area contributed by atoms with E-state index in [9.17, 15) is 13.2 Å². The van der Waals surface area contributed by atoms with Crippen LogP contribution >= 0.6 is 12.2 Å². The van der Waals surface area contributed by atoms with Gasteiger partial charge in [-0.3, -0.25) is 15.1 Å². The number of hydrogen-bond donors (Lipinski definition) is 3. The summed E-state index contributed by atoms with van der Waals surface area (Å²) in [6.45, 7) is 0.342. The lowest BCUT2D eigenvalue weighted by Gasteiger charge is -2.19. The van der Waals surface area contributed by atoms with Gasteiger partial charge in [-0.15, -0.1) is 0 Å². The molecule has 0 radical (unpaired) electrons. The van der Waals surface area contributed by atoms with E-state index in [1.165, 1.54) is 18.2 Å². The Morgan fingerprint density at radius 1 is 1.09 bits per heavy atom. The Bertz CT molecular complexity index is 1390. The molecule has 174 valence electrons. The first-order valence-corrected chi connectivity index (χ1v) is 12.0. The zero-order valence-electron chi connectivity index (χ0n) is 18.1. The molecule has 0 bridgehead atoms. The average molecular weight is 496 g/mol. The second-order valence-corrected chi connectivity index (χ2v) is 9.30. The minimum absolute atomic E-state index is 0.0600. The van der Waals surface area contributed by atoms with E-state index in [-0.39, 0.29) is 21.6 Å². The highest BCUT2D eigenvalue weighted by Crippen LogP contribution is 2.38. The van der Waals surface area contributed by atoms with Crippen LogP contribution in [0, 0.1) is 0 Å². The van der Waals surface area contributed by atoms with Crippen LogP contribution in [0.25, 0.3) is 0 Å². The number of primary sulfonamides is 1. The highest BCUT2D eigenvalue weighted by molar-refractivity contribution is 7.89. The Morgan fingerprint density at radius 3 is 2.53 bits per heavy atom. The quantitative estimate of drug-likeness (QED) is 0.354. The van der Waals surface area contributed by atoms with Crippen LogP contribution in [0.2, 0.25) is 0 Å². The molecule has 0 spiro atoms. The van der Waals surface area contributed by atoms with E-state index in [1.54, 1.807) is 36.3 Å². The number of hydrogen-bond acceptors (Lipinski definition) is 6. The molecule has 0 fully saturated rings. The van der Waals surface area contributed by atoms with Crippen LogP contribution in [0.3, 0.4) is 0 Å². The fraction of sp³-hybridized carbons (Fsp3) is 0.0870. The maximum Gasteiger partial charge on any atom is 0.279 e. The molecular weight excluding hydrogens is 474 g/mol. The van der Waals surface area contributed by atoms with E-state index in [4.69, 9.17) is 22.1 Å². The van der Waals surface area contributed by atoms with Crippen molar-refractivity contribution in [3.63, 3.8) is 0 Å². The van der Waals surface area contributed by atoms with Gasteiger partial charge in [0.15, 0.2) is 10.8 Å². The molecular formula is C23H21N5O4S2. The number of fused-ring (bicyclic) bond motifs is 1. The maximum atomic E-state index is 13.3. The Balaban J connectivity index is 1.59. The summed E-state index contributed by atoms with van der Waals surface area (Å²) in [6.07, 6.45) is 0. The molecule has 4 N–H and O–H groups in total. The summed E-state index contributed by atoms with van der Waals surface area (Å²) in [7, 11) is -2.31. The van der Waals surface area contributed by atoms with Crippen molar-refractivity contribution < 1.29 is 17.9 Å². The van der Waals surface area contributed by atoms with E-state index in [0.717, 1.165) is 5.56 Å². The van der Waals surface area contributed by atoms with Crippen LogP contribution in [-0.2, 0) is 21.4 Å². The number of benzene rings is 3. The number of methoxy groups -OCH3 is 1. The molecule has 3 aromatic rings. The lowest BCUT2D eigenvalue weighted by molar-refractivity contribution is -0.112. The SMILES string of the molecule is COc1cccc2c1N(Cc1ccccc1)C(=O)C2=NNC(=S)Nc1cccc(S(N)(=O)=O)c1. The number of ether oxygens (including phenoxy) is 1. The van der Waals surface area contributed by atoms with Crippen LogP contribution < -0.4 is 25.5 Å². The van der Waals surface area contributed by atoms with Gasteiger partial charge in [0, 0.05) is 11.3 Å². The number of sulfonamides is 1. The van der Waals surface area contributed by atoms with Crippen LogP contribution in [0.5, 0.6) is 5.75 Å². The van der Waals surface area contributed by atoms with Crippen molar-refractivity contribution in [2.75, 3.05) is 17.3 Å². The van der Waals surface area contributed by atoms with E-state index < -0.39 is 10.0 Å². The number of hydrazone groups is 1. The van der Waals surface area contributed by atoms with Crippen molar-refractivity contribution in [2.24, 2.45) is 10.2 Å². The Kier molecular flexibility index (Phi) is 6.59. The van der Waals surface area contributed by atoms with Crippen molar-refractivity contribution in [2.45, 2.75) is 11.4 Å². The Labute approximate surface area is 202 Å². The largest absolute Gasteiger partial charge is 0.495 e. The number of anilines is 2. The second kappa shape index (κ2) is 9.59. The van der Waals surface area contributed by atoms with Crippen molar-refractivity contribution in [1.82, 2.24) is 5.43 Å². The number of nitrogens with two attached hydrogens (primary N) is 1. The average Bonchev–Trinajstić information content (AvgIpc) is 3.08. The van der Waals surface area contributed by atoms with E-state index >= 15 is 0 Å². The number of nitrogens with one attached hydrogen (secondary N) is 2. The standard InChI is InChI=1S/C23H21N5O4S2/c1-32-19-12-6-11-18-20(22(29)28(21(18)19)14-15-7-3-2-4-8-15)26-27-23(33)25-16-9-5-10-17(13-16)34(24,30)31/h2-13H,14H2,1H3,(H2,24,30,31)(H2,25,27,33). The van der Waals surface area contributed by atoms with Crippen molar-refractivity contribution in [3.05, 3.63) is 83.9 Å². The molecule has 3 aromatic carbocycles. The molecule has 0 saturated heterocycles. The van der Waals surface area contributed by atoms with Gasteiger partial charge < -0.3 is 10.1 Å². The molecule has 1 amide bonds. The summed E-state index contributed by atoms with van der Waals surface area (Å²) in [5.41, 5.74) is 5.42. The first-order valence-electron chi connectivity index (χ1n) is 10.1. The number of nitrogens with zero attached hydrogens (tertiary/aromatic N) is 2. The highest BCUT2D eigenvalue weighted by Gasteiger charge is 2.36. The minimum Gasteiger partial charge on any atom is -0.495 e. The van der Waals surface area contributed by atoms with E-state index in [1.807, 2.05) is 30.3 Å². The number of carbonyl (C=O) groups excluding carboxylic acids is 1. The van der Waals surface area contributed by atoms with Gasteiger partial charge in [-0.1, -0.05) is 48.5 Å². The summed E-state index contributed by atoms with van der Waals surface area (Å²) in [5, 5.41) is 12.3. The number of para-hydroxylation sites is 1. The van der Waals surface area contributed by atoms with E-state index in [0.29, 0.717) is 29.2 Å². The minimum atomic E-state index is -3.86. The van der Waals surface area contributed by atoms with Gasteiger partial charge in [-0.25, -0.2) is 13.6 Å². The van der Waals surface area contributed by atoms with Gasteiger partial charge in [0.25, 0.3) is 5.91 Å². The topological polar surface area (TPSA) is 126 Å². The van der Waals surface area contributed by atoms with Crippen LogP contribution in [-0.4, -0.2) is 32.3 Å². The molecule has 11 heteroatoms. The molecule has 0 unspecified atom stereocenters. The number of thiocarbonyl (C=S) groups is 1. The van der Waals surface area contributed by atoms with Crippen LogP contribution in [0.1, 0.15) is 11.1 Å². The third-order valence-corrected chi connectivity index (χ3v) is 6.17. The predicted molar refractivity (Wildman–Crippen MR) is 134 cm³/mol. The predicted octanol–water partition coefficient (Wildman–Crippen LogP) is 2.58. The molecule has 0 aromatic heterocycles. The summed E-state index contributed by atoms with van der Waals surface area (Å²) in [4.78, 5) is 14.9. The zero-order chi connectivity index (χ0) is 24.3. The van der Waals surface area contributed by atoms with Gasteiger partial charge in [0.05, 0.1) is 24.2 Å². The summed E-state index contributed by atoms with van der Waals surface area (Å²) in [5.74, 6) is 0.238. The third-order valence-electron chi connectivity index (χ3n) is 5.06.